The van der Waals surface area contributed by atoms with Gasteiger partial charge in [-0.15, -0.1) is 0 Å². The molecule has 0 aromatic carbocycles. The van der Waals surface area contributed by atoms with Crippen LogP contribution >= 0.6 is 0 Å². The Morgan fingerprint density at radius 1 is 1.44 bits per heavy atom. The monoisotopic (exact) mass is 253 g/mol. The highest BCUT2D eigenvalue weighted by Gasteiger charge is 2.23. The van der Waals surface area contributed by atoms with E-state index in [1.165, 1.54) is 0 Å². The smallest absolute Gasteiger partial charge is 0.254 e. The van der Waals surface area contributed by atoms with Gasteiger partial charge in [-0.2, -0.15) is 5.10 Å². The lowest BCUT2D eigenvalue weighted by molar-refractivity contribution is 0.100. The molecule has 1 heterocycles. The number of aromatic nitrogens is 2. The van der Waals surface area contributed by atoms with Gasteiger partial charge in [0.25, 0.3) is 5.91 Å². The van der Waals surface area contributed by atoms with Crippen LogP contribution in [0.3, 0.4) is 0 Å². The molecule has 1 aromatic heterocycles. The number of primary amides is 1. The summed E-state index contributed by atoms with van der Waals surface area (Å²) in [7, 11) is 1.78. The number of nitrogens with two attached hydrogens (primary N) is 2. The van der Waals surface area contributed by atoms with Crippen molar-refractivity contribution in [1.82, 2.24) is 9.78 Å². The molecule has 18 heavy (non-hydrogen) atoms. The van der Waals surface area contributed by atoms with E-state index in [0.717, 1.165) is 12.8 Å². The van der Waals surface area contributed by atoms with Gasteiger partial charge in [0, 0.05) is 19.1 Å². The van der Waals surface area contributed by atoms with Crippen LogP contribution in [0.1, 0.15) is 42.7 Å². The molecule has 0 saturated heterocycles. The highest BCUT2D eigenvalue weighted by atomic mass is 16.1. The molecule has 102 valence electrons. The Bertz CT molecular complexity index is 434. The first-order valence-corrected chi connectivity index (χ1v) is 6.20. The minimum absolute atomic E-state index is 0.285. The highest BCUT2D eigenvalue weighted by molar-refractivity contribution is 5.98. The zero-order valence-corrected chi connectivity index (χ0v) is 11.6. The Kier molecular flexibility index (Phi) is 4.34. The Balaban J connectivity index is 2.95. The highest BCUT2D eigenvalue weighted by Crippen LogP contribution is 2.20. The molecule has 6 nitrogen and oxygen atoms in total. The van der Waals surface area contributed by atoms with E-state index in [1.807, 2.05) is 0 Å². The van der Waals surface area contributed by atoms with Gasteiger partial charge < -0.3 is 16.8 Å². The Hall–Kier alpha value is -1.56. The summed E-state index contributed by atoms with van der Waals surface area (Å²) in [5.41, 5.74) is 12.4. The number of carbonyl (C=O) groups is 1. The molecule has 0 bridgehead atoms. The fourth-order valence-corrected chi connectivity index (χ4v) is 1.92. The minimum Gasteiger partial charge on any atom is -0.368 e. The second-order valence-electron chi connectivity index (χ2n) is 4.72. The molecule has 1 rings (SSSR count). The number of hydrogen-bond donors (Lipinski definition) is 3. The molecule has 0 radical (unpaired) electrons. The van der Waals surface area contributed by atoms with Crippen molar-refractivity contribution in [1.29, 1.82) is 0 Å². The van der Waals surface area contributed by atoms with Crippen molar-refractivity contribution in [2.45, 2.75) is 39.2 Å². The van der Waals surface area contributed by atoms with E-state index in [-0.39, 0.29) is 5.54 Å². The van der Waals surface area contributed by atoms with Crippen molar-refractivity contribution in [2.75, 3.05) is 11.9 Å². The number of carbonyl (C=O) groups excluding carboxylic acids is 1. The quantitative estimate of drug-likeness (QED) is 0.697. The molecule has 0 atom stereocenters. The number of nitrogens with one attached hydrogen (secondary N) is 1. The standard InChI is InChI=1S/C12H23N5O/c1-5-12(14,6-2)7-15-11-9(10(13)18)8(3)16-17(11)4/h15H,5-7,14H2,1-4H3,(H2,13,18). The van der Waals surface area contributed by atoms with Crippen molar-refractivity contribution < 1.29 is 4.79 Å². The predicted octanol–water partition coefficient (Wildman–Crippen LogP) is 0.757. The lowest BCUT2D eigenvalue weighted by atomic mass is 9.94. The third-order valence-corrected chi connectivity index (χ3v) is 3.48. The average Bonchev–Trinajstić information content (AvgIpc) is 2.61. The molecule has 0 spiro atoms. The molecular weight excluding hydrogens is 230 g/mol. The van der Waals surface area contributed by atoms with E-state index in [2.05, 4.69) is 24.3 Å². The second kappa shape index (κ2) is 5.39. The Labute approximate surface area is 108 Å². The van der Waals surface area contributed by atoms with E-state index in [0.29, 0.717) is 23.6 Å². The second-order valence-corrected chi connectivity index (χ2v) is 4.72. The molecule has 1 aromatic rings. The summed E-state index contributed by atoms with van der Waals surface area (Å²) < 4.78 is 1.63. The van der Waals surface area contributed by atoms with Crippen LogP contribution in [0, 0.1) is 6.92 Å². The fraction of sp³-hybridized carbons (Fsp3) is 0.667. The molecule has 1 amide bonds. The van der Waals surface area contributed by atoms with Gasteiger partial charge >= 0.3 is 0 Å². The van der Waals surface area contributed by atoms with Crippen molar-refractivity contribution in [3.05, 3.63) is 11.3 Å². The maximum absolute atomic E-state index is 11.4. The molecule has 6 heteroatoms. The molecule has 5 N–H and O–H groups in total. The largest absolute Gasteiger partial charge is 0.368 e. The fourth-order valence-electron chi connectivity index (χ4n) is 1.92. The number of amides is 1. The lowest BCUT2D eigenvalue weighted by Gasteiger charge is -2.27. The van der Waals surface area contributed by atoms with E-state index in [4.69, 9.17) is 11.5 Å². The lowest BCUT2D eigenvalue weighted by Crippen LogP contribution is -2.45. The molecule has 0 unspecified atom stereocenters. The summed E-state index contributed by atoms with van der Waals surface area (Å²) >= 11 is 0. The topological polar surface area (TPSA) is 99.0 Å². The molecule has 0 aliphatic heterocycles. The van der Waals surface area contributed by atoms with Crippen molar-refractivity contribution >= 4 is 11.7 Å². The van der Waals surface area contributed by atoms with Gasteiger partial charge in [0.1, 0.15) is 11.4 Å². The van der Waals surface area contributed by atoms with Gasteiger partial charge in [0.15, 0.2) is 0 Å². The van der Waals surface area contributed by atoms with Gasteiger partial charge in [-0.1, -0.05) is 13.8 Å². The average molecular weight is 253 g/mol. The summed E-state index contributed by atoms with van der Waals surface area (Å²) in [5, 5.41) is 7.40. The summed E-state index contributed by atoms with van der Waals surface area (Å²) in [6.45, 7) is 6.45. The summed E-state index contributed by atoms with van der Waals surface area (Å²) in [6.07, 6.45) is 1.72. The first kappa shape index (κ1) is 14.5. The van der Waals surface area contributed by atoms with Gasteiger partial charge in [0.2, 0.25) is 0 Å². The van der Waals surface area contributed by atoms with E-state index in [1.54, 1.807) is 18.7 Å². The zero-order valence-electron chi connectivity index (χ0n) is 11.6. The van der Waals surface area contributed by atoms with Gasteiger partial charge in [-0.25, -0.2) is 0 Å². The van der Waals surface area contributed by atoms with Gasteiger partial charge in [-0.05, 0) is 19.8 Å². The number of rotatable bonds is 6. The van der Waals surface area contributed by atoms with Crippen molar-refractivity contribution in [3.8, 4) is 0 Å². The molecular formula is C12H23N5O. The number of aryl methyl sites for hydroxylation is 2. The van der Waals surface area contributed by atoms with Crippen molar-refractivity contribution in [2.24, 2.45) is 18.5 Å². The number of anilines is 1. The third kappa shape index (κ3) is 2.81. The summed E-state index contributed by atoms with van der Waals surface area (Å²) in [5.74, 6) is 0.162. The van der Waals surface area contributed by atoms with E-state index >= 15 is 0 Å². The predicted molar refractivity (Wildman–Crippen MR) is 72.5 cm³/mol. The van der Waals surface area contributed by atoms with Gasteiger partial charge in [0.05, 0.1) is 5.69 Å². The minimum atomic E-state index is -0.473. The van der Waals surface area contributed by atoms with Crippen LogP contribution < -0.4 is 16.8 Å². The van der Waals surface area contributed by atoms with Crippen LogP contribution in [0.15, 0.2) is 0 Å². The van der Waals surface area contributed by atoms with Crippen LogP contribution in [-0.2, 0) is 7.05 Å². The first-order chi connectivity index (χ1) is 8.34. The molecule has 0 aliphatic carbocycles. The Morgan fingerprint density at radius 3 is 2.44 bits per heavy atom. The number of nitrogens with zero attached hydrogens (tertiary/aromatic N) is 2. The number of hydrogen-bond acceptors (Lipinski definition) is 4. The van der Waals surface area contributed by atoms with Crippen LogP contribution in [0.2, 0.25) is 0 Å². The van der Waals surface area contributed by atoms with Crippen LogP contribution in [0.25, 0.3) is 0 Å². The zero-order chi connectivity index (χ0) is 13.9. The maximum Gasteiger partial charge on any atom is 0.254 e. The van der Waals surface area contributed by atoms with Gasteiger partial charge in [-0.3, -0.25) is 9.48 Å². The maximum atomic E-state index is 11.4. The molecule has 0 aliphatic rings. The Morgan fingerprint density at radius 2 is 2.00 bits per heavy atom. The van der Waals surface area contributed by atoms with Crippen LogP contribution in [0.5, 0.6) is 0 Å². The SMILES string of the molecule is CCC(N)(CC)CNc1c(C(N)=O)c(C)nn1C. The van der Waals surface area contributed by atoms with Crippen LogP contribution in [0.4, 0.5) is 5.82 Å². The molecule has 0 saturated carbocycles. The molecule has 0 fully saturated rings. The summed E-state index contributed by atoms with van der Waals surface area (Å²) in [6, 6.07) is 0. The first-order valence-electron chi connectivity index (χ1n) is 6.20. The van der Waals surface area contributed by atoms with E-state index < -0.39 is 5.91 Å². The van der Waals surface area contributed by atoms with E-state index in [9.17, 15) is 4.79 Å². The normalized spacial score (nSPS) is 11.6. The van der Waals surface area contributed by atoms with Crippen LogP contribution in [-0.4, -0.2) is 27.8 Å². The summed E-state index contributed by atoms with van der Waals surface area (Å²) in [4.78, 5) is 11.4. The van der Waals surface area contributed by atoms with Crippen molar-refractivity contribution in [3.63, 3.8) is 0 Å². The third-order valence-electron chi connectivity index (χ3n) is 3.48.